The van der Waals surface area contributed by atoms with Gasteiger partial charge in [0.25, 0.3) is 0 Å². The van der Waals surface area contributed by atoms with E-state index in [9.17, 15) is 4.79 Å². The number of nitrogens with zero attached hydrogens (tertiary/aromatic N) is 1. The summed E-state index contributed by atoms with van der Waals surface area (Å²) in [5, 5.41) is 3.37. The molecule has 0 aliphatic rings. The summed E-state index contributed by atoms with van der Waals surface area (Å²) in [6.07, 6.45) is 0.683. The Morgan fingerprint density at radius 3 is 2.55 bits per heavy atom. The first-order valence-electron chi connectivity index (χ1n) is 7.35. The normalized spacial score (nSPS) is 11.5. The Labute approximate surface area is 153 Å². The van der Waals surface area contributed by atoms with Gasteiger partial charge in [-0.2, -0.15) is 0 Å². The number of hydrogen-bond donors (Lipinski definition) is 1. The lowest BCUT2D eigenvalue weighted by Gasteiger charge is -2.27. The zero-order valence-corrected chi connectivity index (χ0v) is 17.5. The number of amides is 1. The fourth-order valence-electron chi connectivity index (χ4n) is 1.79. The Bertz CT molecular complexity index is 467. The van der Waals surface area contributed by atoms with Gasteiger partial charge in [-0.15, -0.1) is 11.3 Å². The van der Waals surface area contributed by atoms with E-state index in [0.717, 1.165) is 27.8 Å². The van der Waals surface area contributed by atoms with Crippen LogP contribution in [0.5, 0.6) is 0 Å². The second-order valence-electron chi connectivity index (χ2n) is 5.98. The number of carbonyl (C=O) groups excluding carboxylic acids is 1. The molecule has 1 heterocycles. The highest BCUT2D eigenvalue weighted by molar-refractivity contribution is 9.13. The third-order valence-corrected chi connectivity index (χ3v) is 5.96. The molecule has 0 aromatic carbocycles. The second-order valence-corrected chi connectivity index (χ2v) is 9.29. The summed E-state index contributed by atoms with van der Waals surface area (Å²) in [6, 6.07) is 2.10. The maximum absolute atomic E-state index is 12.1. The smallest absolute Gasteiger partial charge is 0.410 e. The molecule has 1 N–H and O–H groups in total. The van der Waals surface area contributed by atoms with Gasteiger partial charge in [0.2, 0.25) is 0 Å². The molecule has 0 radical (unpaired) electrons. The Morgan fingerprint density at radius 1 is 1.36 bits per heavy atom. The van der Waals surface area contributed by atoms with Crippen molar-refractivity contribution >= 4 is 49.3 Å². The van der Waals surface area contributed by atoms with Crippen molar-refractivity contribution in [2.24, 2.45) is 0 Å². The predicted molar refractivity (Wildman–Crippen MR) is 99.5 cm³/mol. The minimum atomic E-state index is -0.452. The molecule has 126 valence electrons. The molecule has 0 aliphatic heterocycles. The van der Waals surface area contributed by atoms with Crippen molar-refractivity contribution in [2.75, 3.05) is 19.6 Å². The van der Waals surface area contributed by atoms with Crippen LogP contribution in [0, 0.1) is 0 Å². The number of halogens is 2. The Morgan fingerprint density at radius 2 is 2.05 bits per heavy atom. The number of nitrogens with one attached hydrogen (secondary N) is 1. The number of carbonyl (C=O) groups is 1. The lowest BCUT2D eigenvalue weighted by Crippen LogP contribution is -2.40. The predicted octanol–water partition coefficient (Wildman–Crippen LogP) is 5.01. The minimum Gasteiger partial charge on any atom is -0.444 e. The first-order valence-corrected chi connectivity index (χ1v) is 9.75. The van der Waals surface area contributed by atoms with Crippen LogP contribution < -0.4 is 5.32 Å². The molecule has 0 saturated heterocycles. The third-order valence-electron chi connectivity index (χ3n) is 2.70. The summed E-state index contributed by atoms with van der Waals surface area (Å²) in [4.78, 5) is 15.1. The van der Waals surface area contributed by atoms with Crippen LogP contribution in [0.3, 0.4) is 0 Å². The molecular formula is C15H24Br2N2O2S. The van der Waals surface area contributed by atoms with Gasteiger partial charge in [0.05, 0.1) is 3.79 Å². The van der Waals surface area contributed by atoms with Gasteiger partial charge in [-0.05, 0) is 65.1 Å². The van der Waals surface area contributed by atoms with Crippen molar-refractivity contribution in [3.8, 4) is 0 Å². The highest BCUT2D eigenvalue weighted by Crippen LogP contribution is 2.32. The zero-order chi connectivity index (χ0) is 16.8. The molecule has 1 aromatic rings. The van der Waals surface area contributed by atoms with Crippen molar-refractivity contribution < 1.29 is 9.53 Å². The second kappa shape index (κ2) is 9.25. The van der Waals surface area contributed by atoms with E-state index in [2.05, 4.69) is 50.2 Å². The lowest BCUT2D eigenvalue weighted by atomic mass is 10.2. The number of ether oxygens (including phenoxy) is 1. The first kappa shape index (κ1) is 19.9. The number of hydrogen-bond acceptors (Lipinski definition) is 4. The molecule has 0 aliphatic carbocycles. The van der Waals surface area contributed by atoms with Crippen molar-refractivity contribution in [2.45, 2.75) is 46.3 Å². The molecular weight excluding hydrogens is 432 g/mol. The van der Waals surface area contributed by atoms with E-state index in [1.54, 1.807) is 16.2 Å². The Hall–Kier alpha value is -0.110. The fourth-order valence-corrected chi connectivity index (χ4v) is 3.94. The third kappa shape index (κ3) is 7.44. The summed E-state index contributed by atoms with van der Waals surface area (Å²) < 4.78 is 7.62. The van der Waals surface area contributed by atoms with Crippen LogP contribution in [0.2, 0.25) is 0 Å². The largest absolute Gasteiger partial charge is 0.444 e. The molecule has 0 unspecified atom stereocenters. The molecule has 0 bridgehead atoms. The average molecular weight is 456 g/mol. The summed E-state index contributed by atoms with van der Waals surface area (Å²) in [5.74, 6) is 0. The standard InChI is InChI=1S/C15H24Br2N2O2S/c1-5-7-19(14(20)21-15(2,3)4)8-6-18-10-11-9-12(16)13(17)22-11/h9,18H,5-8,10H2,1-4H3. The molecule has 22 heavy (non-hydrogen) atoms. The Balaban J connectivity index is 2.39. The van der Waals surface area contributed by atoms with E-state index in [0.29, 0.717) is 13.1 Å². The fraction of sp³-hybridized carbons (Fsp3) is 0.667. The zero-order valence-electron chi connectivity index (χ0n) is 13.5. The number of rotatable bonds is 7. The minimum absolute atomic E-state index is 0.238. The number of thiophene rings is 1. The van der Waals surface area contributed by atoms with Gasteiger partial charge in [0, 0.05) is 35.5 Å². The van der Waals surface area contributed by atoms with Crippen LogP contribution in [-0.2, 0) is 11.3 Å². The van der Waals surface area contributed by atoms with Crippen LogP contribution >= 0.6 is 43.2 Å². The van der Waals surface area contributed by atoms with Crippen molar-refractivity contribution in [3.05, 3.63) is 19.2 Å². The summed E-state index contributed by atoms with van der Waals surface area (Å²) in [7, 11) is 0. The van der Waals surface area contributed by atoms with Crippen LogP contribution in [-0.4, -0.2) is 36.2 Å². The van der Waals surface area contributed by atoms with Gasteiger partial charge in [0.1, 0.15) is 5.60 Å². The highest BCUT2D eigenvalue weighted by atomic mass is 79.9. The Kier molecular flexibility index (Phi) is 8.38. The molecule has 1 amide bonds. The molecule has 4 nitrogen and oxygen atoms in total. The van der Waals surface area contributed by atoms with E-state index in [-0.39, 0.29) is 6.09 Å². The SMILES string of the molecule is CCCN(CCNCc1cc(Br)c(Br)s1)C(=O)OC(C)(C)C. The summed E-state index contributed by atoms with van der Waals surface area (Å²) >= 11 is 8.67. The van der Waals surface area contributed by atoms with Crippen molar-refractivity contribution in [3.63, 3.8) is 0 Å². The van der Waals surface area contributed by atoms with Gasteiger partial charge in [-0.1, -0.05) is 6.92 Å². The van der Waals surface area contributed by atoms with Crippen LogP contribution in [0.4, 0.5) is 4.79 Å². The van der Waals surface area contributed by atoms with Crippen LogP contribution in [0.1, 0.15) is 39.0 Å². The van der Waals surface area contributed by atoms with Crippen molar-refractivity contribution in [1.29, 1.82) is 0 Å². The van der Waals surface area contributed by atoms with Crippen molar-refractivity contribution in [1.82, 2.24) is 10.2 Å². The molecule has 0 atom stereocenters. The van der Waals surface area contributed by atoms with E-state index in [1.165, 1.54) is 4.88 Å². The maximum atomic E-state index is 12.1. The monoisotopic (exact) mass is 454 g/mol. The van der Waals surface area contributed by atoms with E-state index < -0.39 is 5.60 Å². The van der Waals surface area contributed by atoms with Gasteiger partial charge in [-0.25, -0.2) is 4.79 Å². The average Bonchev–Trinajstić information content (AvgIpc) is 2.70. The topological polar surface area (TPSA) is 41.6 Å². The molecule has 1 rings (SSSR count). The van der Waals surface area contributed by atoms with Gasteiger partial charge in [-0.3, -0.25) is 0 Å². The molecule has 0 fully saturated rings. The van der Waals surface area contributed by atoms with E-state index in [4.69, 9.17) is 4.74 Å². The summed E-state index contributed by atoms with van der Waals surface area (Å²) in [6.45, 7) is 10.6. The first-order chi connectivity index (χ1) is 10.2. The highest BCUT2D eigenvalue weighted by Gasteiger charge is 2.21. The molecule has 7 heteroatoms. The molecule has 1 aromatic heterocycles. The summed E-state index contributed by atoms with van der Waals surface area (Å²) in [5.41, 5.74) is -0.452. The lowest BCUT2D eigenvalue weighted by molar-refractivity contribution is 0.0252. The molecule has 0 saturated carbocycles. The quantitative estimate of drug-likeness (QED) is 0.587. The molecule has 0 spiro atoms. The van der Waals surface area contributed by atoms with Gasteiger partial charge in [0.15, 0.2) is 0 Å². The van der Waals surface area contributed by atoms with E-state index >= 15 is 0 Å². The van der Waals surface area contributed by atoms with Gasteiger partial charge >= 0.3 is 6.09 Å². The van der Waals surface area contributed by atoms with Crippen LogP contribution in [0.25, 0.3) is 0 Å². The maximum Gasteiger partial charge on any atom is 0.410 e. The van der Waals surface area contributed by atoms with Gasteiger partial charge < -0.3 is 15.0 Å². The van der Waals surface area contributed by atoms with E-state index in [1.807, 2.05) is 20.8 Å². The van der Waals surface area contributed by atoms with Crippen LogP contribution in [0.15, 0.2) is 14.3 Å².